The Bertz CT molecular complexity index is 1010. The predicted octanol–water partition coefficient (Wildman–Crippen LogP) is 5.72. The lowest BCUT2D eigenvalue weighted by Gasteiger charge is -2.34. The lowest BCUT2D eigenvalue weighted by molar-refractivity contribution is -0.904. The molecule has 0 saturated heterocycles. The van der Waals surface area contributed by atoms with Crippen molar-refractivity contribution in [2.75, 3.05) is 33.9 Å². The van der Waals surface area contributed by atoms with Crippen molar-refractivity contribution < 1.29 is 18.7 Å². The van der Waals surface area contributed by atoms with Gasteiger partial charge in [0.1, 0.15) is 13.1 Å². The second kappa shape index (κ2) is 12.0. The molecule has 0 spiro atoms. The summed E-state index contributed by atoms with van der Waals surface area (Å²) in [6, 6.07) is 20.4. The summed E-state index contributed by atoms with van der Waals surface area (Å²) < 4.78 is 12.9. The molecule has 4 rings (SSSR count). The average Bonchev–Trinajstić information content (AvgIpc) is 3.15. The fraction of sp³-hybridized carbons (Fsp3) is 0.500. The smallest absolute Gasteiger partial charge is 0.231 e. The van der Waals surface area contributed by atoms with Gasteiger partial charge < -0.3 is 18.7 Å². The highest BCUT2D eigenvalue weighted by Gasteiger charge is 2.44. The number of benzene rings is 2. The Balaban J connectivity index is 1.39. The van der Waals surface area contributed by atoms with E-state index in [0.29, 0.717) is 19.0 Å². The molecule has 1 fully saturated rings. The first-order valence-electron chi connectivity index (χ1n) is 13.1. The topological polar surface area (TPSA) is 55.5 Å². The fourth-order valence-electron chi connectivity index (χ4n) is 5.23. The van der Waals surface area contributed by atoms with Crippen molar-refractivity contribution in [3.8, 4) is 0 Å². The maximum absolute atomic E-state index is 12.1. The van der Waals surface area contributed by atoms with E-state index in [9.17, 15) is 5.11 Å². The zero-order chi connectivity index (χ0) is 24.6. The standard InChI is InChI=1S/C30H41N2O3/c1-32(2,20-22-34-21-19-25-13-7-5-8-14-25)24-28-23-31-29(35-28)30(33,27-17-11-6-12-18-27)26-15-9-3-4-10-16-26/h5-8,11-14,17-18,23,26,33H,3-4,9-10,15-16,19-22,24H2,1-2H3/q+1. The summed E-state index contributed by atoms with van der Waals surface area (Å²) in [7, 11) is 4.36. The number of hydrogen-bond acceptors (Lipinski definition) is 4. The molecule has 1 N–H and O–H groups in total. The largest absolute Gasteiger partial charge is 0.436 e. The molecule has 0 bridgehead atoms. The van der Waals surface area contributed by atoms with Gasteiger partial charge in [-0.2, -0.15) is 0 Å². The van der Waals surface area contributed by atoms with Crippen LogP contribution in [0.3, 0.4) is 0 Å². The van der Waals surface area contributed by atoms with Gasteiger partial charge in [0.15, 0.2) is 11.4 Å². The van der Waals surface area contributed by atoms with Crippen molar-refractivity contribution in [3.05, 3.63) is 89.6 Å². The minimum absolute atomic E-state index is 0.111. The average molecular weight is 478 g/mol. The van der Waals surface area contributed by atoms with Crippen LogP contribution in [-0.4, -0.2) is 48.4 Å². The Labute approximate surface area is 210 Å². The van der Waals surface area contributed by atoms with E-state index in [1.54, 1.807) is 6.20 Å². The number of nitrogens with zero attached hydrogens (tertiary/aromatic N) is 2. The molecular formula is C30H41N2O3+. The summed E-state index contributed by atoms with van der Waals surface area (Å²) in [6.07, 6.45) is 9.46. The highest BCUT2D eigenvalue weighted by atomic mass is 16.5. The number of aliphatic hydroxyl groups is 1. The van der Waals surface area contributed by atoms with Gasteiger partial charge in [0.05, 0.1) is 33.5 Å². The van der Waals surface area contributed by atoms with Crippen LogP contribution in [0.25, 0.3) is 0 Å². The summed E-state index contributed by atoms with van der Waals surface area (Å²) in [6.45, 7) is 2.99. The van der Waals surface area contributed by atoms with E-state index in [0.717, 1.165) is 61.1 Å². The Morgan fingerprint density at radius 2 is 1.60 bits per heavy atom. The van der Waals surface area contributed by atoms with Crippen LogP contribution in [0.5, 0.6) is 0 Å². The molecule has 1 aliphatic rings. The molecule has 0 radical (unpaired) electrons. The third-order valence-electron chi connectivity index (χ3n) is 7.34. The van der Waals surface area contributed by atoms with Gasteiger partial charge in [-0.25, -0.2) is 4.98 Å². The molecule has 3 aromatic rings. The zero-order valence-electron chi connectivity index (χ0n) is 21.4. The fourth-order valence-corrected chi connectivity index (χ4v) is 5.23. The molecular weight excluding hydrogens is 436 g/mol. The molecule has 1 aromatic heterocycles. The molecule has 1 aliphatic carbocycles. The molecule has 2 aromatic carbocycles. The van der Waals surface area contributed by atoms with Crippen molar-refractivity contribution >= 4 is 0 Å². The number of hydrogen-bond donors (Lipinski definition) is 1. The third-order valence-corrected chi connectivity index (χ3v) is 7.34. The summed E-state index contributed by atoms with van der Waals surface area (Å²) >= 11 is 0. The normalized spacial score (nSPS) is 17.1. The molecule has 1 heterocycles. The minimum atomic E-state index is -1.19. The SMILES string of the molecule is C[N+](C)(CCOCCc1ccccc1)Cc1cnc(C(O)(c2ccccc2)C2CCCCCC2)o1. The van der Waals surface area contributed by atoms with Gasteiger partial charge in [-0.15, -0.1) is 0 Å². The molecule has 35 heavy (non-hydrogen) atoms. The van der Waals surface area contributed by atoms with Gasteiger partial charge in [0.25, 0.3) is 0 Å². The Morgan fingerprint density at radius 3 is 2.29 bits per heavy atom. The Hall–Kier alpha value is -2.47. The van der Waals surface area contributed by atoms with Crippen molar-refractivity contribution in [3.63, 3.8) is 0 Å². The van der Waals surface area contributed by atoms with E-state index in [1.807, 2.05) is 36.4 Å². The Morgan fingerprint density at radius 1 is 0.943 bits per heavy atom. The summed E-state index contributed by atoms with van der Waals surface area (Å²) in [5.74, 6) is 1.35. The van der Waals surface area contributed by atoms with Gasteiger partial charge in [0, 0.05) is 5.92 Å². The van der Waals surface area contributed by atoms with E-state index < -0.39 is 5.60 Å². The number of rotatable bonds is 11. The second-order valence-corrected chi connectivity index (χ2v) is 10.6. The first kappa shape index (κ1) is 25.6. The van der Waals surface area contributed by atoms with E-state index >= 15 is 0 Å². The second-order valence-electron chi connectivity index (χ2n) is 10.6. The predicted molar refractivity (Wildman–Crippen MR) is 139 cm³/mol. The van der Waals surface area contributed by atoms with Crippen LogP contribution in [0, 0.1) is 5.92 Å². The van der Waals surface area contributed by atoms with Crippen molar-refractivity contribution in [1.29, 1.82) is 0 Å². The molecule has 5 nitrogen and oxygen atoms in total. The van der Waals surface area contributed by atoms with E-state index in [4.69, 9.17) is 9.15 Å². The number of ether oxygens (including phenoxy) is 1. The van der Waals surface area contributed by atoms with Crippen LogP contribution in [-0.2, 0) is 23.3 Å². The van der Waals surface area contributed by atoms with Crippen molar-refractivity contribution in [2.24, 2.45) is 5.92 Å². The maximum atomic E-state index is 12.1. The van der Waals surface area contributed by atoms with Crippen molar-refractivity contribution in [2.45, 2.75) is 57.1 Å². The van der Waals surface area contributed by atoms with Crippen LogP contribution in [0.1, 0.15) is 61.3 Å². The number of aromatic nitrogens is 1. The third kappa shape index (κ3) is 6.81. The molecule has 188 valence electrons. The van der Waals surface area contributed by atoms with E-state index in [-0.39, 0.29) is 5.92 Å². The van der Waals surface area contributed by atoms with Crippen LogP contribution in [0.2, 0.25) is 0 Å². The molecule has 0 amide bonds. The number of quaternary nitrogens is 1. The highest BCUT2D eigenvalue weighted by molar-refractivity contribution is 5.30. The van der Waals surface area contributed by atoms with Gasteiger partial charge in [-0.1, -0.05) is 86.3 Å². The molecule has 1 unspecified atom stereocenters. The van der Waals surface area contributed by atoms with Gasteiger partial charge >= 0.3 is 0 Å². The highest BCUT2D eigenvalue weighted by Crippen LogP contribution is 2.43. The van der Waals surface area contributed by atoms with Crippen LogP contribution < -0.4 is 0 Å². The van der Waals surface area contributed by atoms with Crippen molar-refractivity contribution in [1.82, 2.24) is 4.98 Å². The van der Waals surface area contributed by atoms with E-state index in [1.165, 1.54) is 18.4 Å². The zero-order valence-corrected chi connectivity index (χ0v) is 21.4. The van der Waals surface area contributed by atoms with Crippen LogP contribution in [0.4, 0.5) is 0 Å². The van der Waals surface area contributed by atoms with Crippen LogP contribution >= 0.6 is 0 Å². The van der Waals surface area contributed by atoms with Gasteiger partial charge in [0.2, 0.25) is 5.89 Å². The van der Waals surface area contributed by atoms with Gasteiger partial charge in [-0.3, -0.25) is 0 Å². The number of likely N-dealkylation sites (N-methyl/N-ethyl adjacent to an activating group) is 1. The summed E-state index contributed by atoms with van der Waals surface area (Å²) in [5, 5.41) is 12.1. The summed E-state index contributed by atoms with van der Waals surface area (Å²) in [4.78, 5) is 4.64. The minimum Gasteiger partial charge on any atom is -0.436 e. The van der Waals surface area contributed by atoms with Gasteiger partial charge in [-0.05, 0) is 30.4 Å². The first-order valence-corrected chi connectivity index (χ1v) is 13.1. The van der Waals surface area contributed by atoms with E-state index in [2.05, 4.69) is 43.3 Å². The Kier molecular flexibility index (Phi) is 8.77. The molecule has 0 aliphatic heterocycles. The molecule has 5 heteroatoms. The molecule has 1 saturated carbocycles. The molecule has 1 atom stereocenters. The monoisotopic (exact) mass is 477 g/mol. The summed E-state index contributed by atoms with van der Waals surface area (Å²) in [5.41, 5.74) is 0.984. The number of oxazole rings is 1. The first-order chi connectivity index (χ1) is 17.0. The van der Waals surface area contributed by atoms with Crippen LogP contribution in [0.15, 0.2) is 71.3 Å². The quantitative estimate of drug-likeness (QED) is 0.218. The lowest BCUT2D eigenvalue weighted by Crippen LogP contribution is -2.41. The lowest BCUT2D eigenvalue weighted by atomic mass is 9.77. The maximum Gasteiger partial charge on any atom is 0.231 e.